The molecular weight excluding hydrogens is 286 g/mol. The third-order valence-corrected chi connectivity index (χ3v) is 4.09. The number of aromatic amines is 1. The molecule has 0 saturated carbocycles. The van der Waals surface area contributed by atoms with E-state index < -0.39 is 11.8 Å². The smallest absolute Gasteiger partial charge is 0.311 e. The number of ether oxygens (including phenoxy) is 1. The van der Waals surface area contributed by atoms with Gasteiger partial charge >= 0.3 is 4.87 Å². The number of nitrogen functional groups attached to an aromatic ring is 1. The first kappa shape index (κ1) is 12.9. The lowest BCUT2D eigenvalue weighted by Gasteiger charge is -2.12. The van der Waals surface area contributed by atoms with Crippen LogP contribution in [0.3, 0.4) is 0 Å². The summed E-state index contributed by atoms with van der Waals surface area (Å²) in [6.07, 6.45) is 0.328. The Kier molecular flexibility index (Phi) is 3.10. The van der Waals surface area contributed by atoms with Crippen LogP contribution in [0.4, 0.5) is 5.95 Å². The van der Waals surface area contributed by atoms with Crippen LogP contribution < -0.4 is 16.2 Å². The average Bonchev–Trinajstić information content (AvgIpc) is 2.94. The van der Waals surface area contributed by atoms with E-state index in [4.69, 9.17) is 10.5 Å². The van der Waals surface area contributed by atoms with E-state index in [1.807, 2.05) is 0 Å². The van der Waals surface area contributed by atoms with Crippen LogP contribution in [-0.2, 0) is 4.74 Å². The number of H-pyrrole nitrogens is 1. The Morgan fingerprint density at radius 3 is 3.05 bits per heavy atom. The highest BCUT2D eigenvalue weighted by Gasteiger charge is 2.30. The molecule has 2 aromatic rings. The molecule has 2 unspecified atom stereocenters. The zero-order chi connectivity index (χ0) is 14.3. The van der Waals surface area contributed by atoms with Crippen LogP contribution in [-0.4, -0.2) is 27.2 Å². The van der Waals surface area contributed by atoms with Crippen LogP contribution >= 0.6 is 11.3 Å². The summed E-state index contributed by atoms with van der Waals surface area (Å²) in [6.45, 7) is 0.0451. The fourth-order valence-corrected chi connectivity index (χ4v) is 3.15. The summed E-state index contributed by atoms with van der Waals surface area (Å²) in [5.41, 5.74) is 5.27. The summed E-state index contributed by atoms with van der Waals surface area (Å²) >= 11 is 0.796. The van der Waals surface area contributed by atoms with Crippen LogP contribution in [0.5, 0.6) is 0 Å². The summed E-state index contributed by atoms with van der Waals surface area (Å²) in [7, 11) is 0. The molecule has 3 heterocycles. The molecule has 0 amide bonds. The van der Waals surface area contributed by atoms with Gasteiger partial charge in [0.1, 0.15) is 17.5 Å². The molecule has 20 heavy (non-hydrogen) atoms. The van der Waals surface area contributed by atoms with Crippen molar-refractivity contribution >= 4 is 27.6 Å². The fourth-order valence-electron chi connectivity index (χ4n) is 2.29. The molecule has 2 atom stereocenters. The number of rotatable bonds is 3. The van der Waals surface area contributed by atoms with Crippen molar-refractivity contribution in [3.05, 3.63) is 24.9 Å². The van der Waals surface area contributed by atoms with Gasteiger partial charge in [-0.05, 0) is 12.8 Å². The van der Waals surface area contributed by atoms with E-state index in [9.17, 15) is 14.5 Å². The van der Waals surface area contributed by atoms with Gasteiger partial charge in [0.25, 0.3) is 5.56 Å². The molecule has 0 radical (unpaired) electrons. The Hall–Kier alpha value is -2.07. The molecule has 0 bridgehead atoms. The van der Waals surface area contributed by atoms with Crippen molar-refractivity contribution < 1.29 is 4.74 Å². The first-order valence-corrected chi connectivity index (χ1v) is 6.77. The average molecular weight is 297 g/mol. The SMILES string of the molecule is Nc1nc2c(sc(=O)n2C2CCC(CN=O)O2)c(=O)[nH]1. The Balaban J connectivity index is 2.08. The molecule has 1 aliphatic heterocycles. The molecule has 106 valence electrons. The minimum atomic E-state index is -0.545. The van der Waals surface area contributed by atoms with Crippen molar-refractivity contribution in [3.8, 4) is 0 Å². The summed E-state index contributed by atoms with van der Waals surface area (Å²) in [5.74, 6) is -0.0573. The zero-order valence-corrected chi connectivity index (χ0v) is 11.1. The molecule has 0 aliphatic carbocycles. The number of nitroso groups, excluding NO2 is 1. The van der Waals surface area contributed by atoms with Gasteiger partial charge in [0, 0.05) is 0 Å². The largest absolute Gasteiger partial charge is 0.369 e. The number of nitrogens with two attached hydrogens (primary N) is 1. The van der Waals surface area contributed by atoms with E-state index in [0.29, 0.717) is 12.8 Å². The van der Waals surface area contributed by atoms with Crippen molar-refractivity contribution in [3.63, 3.8) is 0 Å². The number of aromatic nitrogens is 3. The number of anilines is 1. The quantitative estimate of drug-likeness (QED) is 0.776. The fraction of sp³-hybridized carbons (Fsp3) is 0.500. The highest BCUT2D eigenvalue weighted by Crippen LogP contribution is 2.30. The number of fused-ring (bicyclic) bond motifs is 1. The second-order valence-electron chi connectivity index (χ2n) is 4.44. The lowest BCUT2D eigenvalue weighted by atomic mass is 10.2. The van der Waals surface area contributed by atoms with E-state index in [2.05, 4.69) is 15.1 Å². The molecule has 1 saturated heterocycles. The Bertz CT molecular complexity index is 778. The molecule has 3 N–H and O–H groups in total. The molecule has 2 aromatic heterocycles. The highest BCUT2D eigenvalue weighted by atomic mass is 32.1. The van der Waals surface area contributed by atoms with Crippen molar-refractivity contribution in [2.45, 2.75) is 25.2 Å². The zero-order valence-electron chi connectivity index (χ0n) is 10.2. The molecule has 3 rings (SSSR count). The number of hydrogen-bond donors (Lipinski definition) is 2. The highest BCUT2D eigenvalue weighted by molar-refractivity contribution is 7.16. The normalized spacial score (nSPS) is 22.4. The lowest BCUT2D eigenvalue weighted by Crippen LogP contribution is -2.22. The van der Waals surface area contributed by atoms with Gasteiger partial charge in [0.15, 0.2) is 5.65 Å². The van der Waals surface area contributed by atoms with Gasteiger partial charge in [0.2, 0.25) is 5.95 Å². The number of thiazole rings is 1. The Morgan fingerprint density at radius 1 is 1.50 bits per heavy atom. The number of nitrogens with one attached hydrogen (secondary N) is 1. The van der Waals surface area contributed by atoms with Gasteiger partial charge in [-0.25, -0.2) is 0 Å². The maximum absolute atomic E-state index is 12.0. The maximum Gasteiger partial charge on any atom is 0.311 e. The molecule has 0 aromatic carbocycles. The molecule has 0 spiro atoms. The van der Waals surface area contributed by atoms with E-state index >= 15 is 0 Å². The van der Waals surface area contributed by atoms with Gasteiger partial charge in [-0.1, -0.05) is 16.5 Å². The monoisotopic (exact) mass is 297 g/mol. The lowest BCUT2D eigenvalue weighted by molar-refractivity contribution is 0.00782. The van der Waals surface area contributed by atoms with E-state index in [1.54, 1.807) is 0 Å². The standard InChI is InChI=1S/C10H11N5O4S/c11-9-13-7-6(8(16)14-9)20-10(17)15(7)5-2-1-4(19-5)3-12-18/h4-5H,1-3H2,(H3,11,13,14,16). The summed E-state index contributed by atoms with van der Waals surface area (Å²) in [6, 6.07) is 0. The molecule has 9 nitrogen and oxygen atoms in total. The Labute approximate surface area is 115 Å². The van der Waals surface area contributed by atoms with Crippen molar-refractivity contribution in [1.29, 1.82) is 0 Å². The summed E-state index contributed by atoms with van der Waals surface area (Å²) in [5, 5.41) is 2.80. The van der Waals surface area contributed by atoms with Gasteiger partial charge in [0.05, 0.1) is 6.10 Å². The van der Waals surface area contributed by atoms with Crippen molar-refractivity contribution in [2.24, 2.45) is 5.18 Å². The van der Waals surface area contributed by atoms with E-state index in [1.165, 1.54) is 4.57 Å². The van der Waals surface area contributed by atoms with E-state index in [0.717, 1.165) is 11.3 Å². The minimum absolute atomic E-state index is 0.0451. The van der Waals surface area contributed by atoms with Crippen LogP contribution in [0.25, 0.3) is 10.3 Å². The number of hydrogen-bond acceptors (Lipinski definition) is 8. The summed E-state index contributed by atoms with van der Waals surface area (Å²) in [4.78, 5) is 40.0. The van der Waals surface area contributed by atoms with E-state index in [-0.39, 0.29) is 33.8 Å². The van der Waals surface area contributed by atoms with Gasteiger partial charge in [-0.3, -0.25) is 19.1 Å². The predicted molar refractivity (Wildman–Crippen MR) is 72.7 cm³/mol. The second-order valence-corrected chi connectivity index (χ2v) is 5.41. The molecule has 10 heteroatoms. The van der Waals surface area contributed by atoms with Crippen LogP contribution in [0.15, 0.2) is 14.8 Å². The van der Waals surface area contributed by atoms with Crippen LogP contribution in [0, 0.1) is 4.91 Å². The van der Waals surface area contributed by atoms with Gasteiger partial charge in [-0.15, -0.1) is 0 Å². The van der Waals surface area contributed by atoms with Crippen molar-refractivity contribution in [1.82, 2.24) is 14.5 Å². The van der Waals surface area contributed by atoms with Gasteiger partial charge < -0.3 is 10.5 Å². The minimum Gasteiger partial charge on any atom is -0.369 e. The maximum atomic E-state index is 12.0. The van der Waals surface area contributed by atoms with Crippen LogP contribution in [0.1, 0.15) is 19.1 Å². The molecular formula is C10H11N5O4S. The molecule has 1 fully saturated rings. The predicted octanol–water partition coefficient (Wildman–Crippen LogP) is 0.172. The first-order chi connectivity index (χ1) is 9.60. The number of nitrogens with zero attached hydrogens (tertiary/aromatic N) is 3. The Morgan fingerprint density at radius 2 is 2.30 bits per heavy atom. The first-order valence-electron chi connectivity index (χ1n) is 5.95. The van der Waals surface area contributed by atoms with Crippen LogP contribution in [0.2, 0.25) is 0 Å². The third kappa shape index (κ3) is 2.02. The van der Waals surface area contributed by atoms with Gasteiger partial charge in [-0.2, -0.15) is 9.89 Å². The molecule has 1 aliphatic rings. The summed E-state index contributed by atoms with van der Waals surface area (Å²) < 4.78 is 7.13. The third-order valence-electron chi connectivity index (χ3n) is 3.14. The second kappa shape index (κ2) is 4.80. The van der Waals surface area contributed by atoms with Crippen molar-refractivity contribution in [2.75, 3.05) is 12.3 Å². The topological polar surface area (TPSA) is 132 Å².